The van der Waals surface area contributed by atoms with Gasteiger partial charge in [0.1, 0.15) is 5.75 Å². The lowest BCUT2D eigenvalue weighted by molar-refractivity contribution is 0.102. The van der Waals surface area contributed by atoms with Crippen LogP contribution in [0.4, 0.5) is 10.5 Å². The Kier molecular flexibility index (Phi) is 7.47. The zero-order valence-corrected chi connectivity index (χ0v) is 21.8. The molecule has 8 heteroatoms. The van der Waals surface area contributed by atoms with Gasteiger partial charge in [-0.15, -0.1) is 0 Å². The van der Waals surface area contributed by atoms with Crippen molar-refractivity contribution < 1.29 is 14.7 Å². The Morgan fingerprint density at radius 3 is 2.47 bits per heavy atom. The molecule has 194 valence electrons. The molecule has 3 aromatic carbocycles. The molecule has 5 rings (SSSR count). The van der Waals surface area contributed by atoms with Crippen LogP contribution in [0.25, 0.3) is 11.3 Å². The van der Waals surface area contributed by atoms with E-state index in [2.05, 4.69) is 22.7 Å². The molecule has 1 aliphatic rings. The van der Waals surface area contributed by atoms with Crippen LogP contribution in [0.15, 0.2) is 72.8 Å². The number of rotatable bonds is 7. The largest absolute Gasteiger partial charge is 0.507 e. The zero-order chi connectivity index (χ0) is 26.6. The summed E-state index contributed by atoms with van der Waals surface area (Å²) in [6, 6.07) is 21.2. The number of aromatic hydroxyl groups is 1. The van der Waals surface area contributed by atoms with Crippen molar-refractivity contribution in [1.29, 1.82) is 0 Å². The summed E-state index contributed by atoms with van der Waals surface area (Å²) < 4.78 is 1.39. The Hall–Kier alpha value is -4.10. The lowest BCUT2D eigenvalue weighted by Gasteiger charge is -2.25. The van der Waals surface area contributed by atoms with Crippen molar-refractivity contribution in [3.63, 3.8) is 0 Å². The molecule has 0 atom stereocenters. The number of carbonyl (C=O) groups is 2. The lowest BCUT2D eigenvalue weighted by atomic mass is 9.82. The summed E-state index contributed by atoms with van der Waals surface area (Å²) in [5.41, 5.74) is 4.76. The Labute approximate surface area is 226 Å². The Bertz CT molecular complexity index is 1480. The number of hydrogen-bond donors (Lipinski definition) is 3. The number of nitrogens with one attached hydrogen (secondary N) is 2. The molecule has 0 spiro atoms. The lowest BCUT2D eigenvalue weighted by Crippen LogP contribution is -2.31. The molecule has 0 aliphatic heterocycles. The van der Waals surface area contributed by atoms with Crippen LogP contribution < -0.4 is 10.6 Å². The van der Waals surface area contributed by atoms with Crippen LogP contribution in [0.5, 0.6) is 5.75 Å². The van der Waals surface area contributed by atoms with Gasteiger partial charge in [-0.1, -0.05) is 55.3 Å². The summed E-state index contributed by atoms with van der Waals surface area (Å²) in [5, 5.41) is 21.7. The monoisotopic (exact) mass is 528 g/mol. The Morgan fingerprint density at radius 1 is 1.05 bits per heavy atom. The van der Waals surface area contributed by atoms with Gasteiger partial charge in [-0.3, -0.25) is 4.79 Å². The van der Waals surface area contributed by atoms with Gasteiger partial charge in [0.25, 0.3) is 5.91 Å². The van der Waals surface area contributed by atoms with Gasteiger partial charge >= 0.3 is 6.03 Å². The first-order valence-electron chi connectivity index (χ1n) is 12.8. The van der Waals surface area contributed by atoms with Crippen molar-refractivity contribution in [2.24, 2.45) is 0 Å². The van der Waals surface area contributed by atoms with Crippen molar-refractivity contribution >= 4 is 29.2 Å². The van der Waals surface area contributed by atoms with E-state index in [1.165, 1.54) is 10.7 Å². The maximum absolute atomic E-state index is 13.1. The number of phenols is 1. The van der Waals surface area contributed by atoms with Crippen LogP contribution in [-0.2, 0) is 13.0 Å². The number of amides is 2. The normalized spacial score (nSPS) is 13.1. The minimum atomic E-state index is -0.351. The van der Waals surface area contributed by atoms with E-state index < -0.39 is 0 Å². The number of aromatic nitrogens is 2. The molecule has 0 saturated heterocycles. The number of hydrogen-bond acceptors (Lipinski definition) is 4. The van der Waals surface area contributed by atoms with Crippen molar-refractivity contribution in [2.45, 2.75) is 45.1 Å². The Morgan fingerprint density at radius 2 is 1.82 bits per heavy atom. The number of aryl methyl sites for hydroxylation is 1. The number of nitrogens with zero attached hydrogens (tertiary/aromatic N) is 2. The van der Waals surface area contributed by atoms with Crippen LogP contribution >= 0.6 is 11.6 Å². The molecular formula is C30H29ClN4O3. The van der Waals surface area contributed by atoms with E-state index in [1.54, 1.807) is 30.3 Å². The number of carbonyl (C=O) groups excluding carboxylic acids is 2. The van der Waals surface area contributed by atoms with Crippen LogP contribution in [0.1, 0.15) is 59.3 Å². The van der Waals surface area contributed by atoms with Gasteiger partial charge in [-0.25, -0.2) is 4.79 Å². The minimum Gasteiger partial charge on any atom is -0.507 e. The average Bonchev–Trinajstić information content (AvgIpc) is 3.31. The highest BCUT2D eigenvalue weighted by molar-refractivity contribution is 6.31. The van der Waals surface area contributed by atoms with Crippen molar-refractivity contribution in [3.8, 4) is 17.0 Å². The summed E-state index contributed by atoms with van der Waals surface area (Å²) in [6.07, 6.45) is 3.98. The maximum atomic E-state index is 13.1. The molecule has 0 unspecified atom stereocenters. The van der Waals surface area contributed by atoms with E-state index >= 15 is 0 Å². The van der Waals surface area contributed by atoms with Crippen LogP contribution in [0, 0.1) is 0 Å². The van der Waals surface area contributed by atoms with E-state index in [0.717, 1.165) is 42.5 Å². The summed E-state index contributed by atoms with van der Waals surface area (Å²) in [7, 11) is 0. The van der Waals surface area contributed by atoms with E-state index in [4.69, 9.17) is 11.6 Å². The molecule has 1 saturated carbocycles. The van der Waals surface area contributed by atoms with Gasteiger partial charge in [0.15, 0.2) is 0 Å². The summed E-state index contributed by atoms with van der Waals surface area (Å²) in [6.45, 7) is 2.34. The van der Waals surface area contributed by atoms with Crippen molar-refractivity contribution in [1.82, 2.24) is 15.1 Å². The second kappa shape index (κ2) is 11.1. The molecule has 2 amide bonds. The SMILES string of the molecule is CCc1ccc(C(=O)Nc2ccc(-c3cc(C4CCC4)n(C(=O)NCc4ccccc4Cl)n3)c(O)c2)cc1. The fraction of sp³-hybridized carbons (Fsp3) is 0.233. The molecule has 0 radical (unpaired) electrons. The molecule has 1 fully saturated rings. The molecule has 3 N–H and O–H groups in total. The number of anilines is 1. The third kappa shape index (κ3) is 5.43. The summed E-state index contributed by atoms with van der Waals surface area (Å²) in [5.74, 6) is -0.0564. The fourth-order valence-corrected chi connectivity index (χ4v) is 4.70. The molecule has 0 bridgehead atoms. The molecule has 1 aromatic heterocycles. The quantitative estimate of drug-likeness (QED) is 0.247. The van der Waals surface area contributed by atoms with E-state index in [-0.39, 0.29) is 30.2 Å². The first-order chi connectivity index (χ1) is 18.4. The number of benzene rings is 3. The highest BCUT2D eigenvalue weighted by Crippen LogP contribution is 2.39. The zero-order valence-electron chi connectivity index (χ0n) is 21.1. The standard InChI is InChI=1S/C30H29ClN4O3/c1-2-19-10-12-21(13-11-19)29(37)33-23-14-15-24(28(36)16-23)26-17-27(20-7-5-8-20)35(34-26)30(38)32-18-22-6-3-4-9-25(22)31/h3-4,6,9-17,20,36H,2,5,7-8,18H2,1H3,(H,32,38)(H,33,37). The van der Waals surface area contributed by atoms with Crippen LogP contribution in [-0.4, -0.2) is 26.8 Å². The number of phenolic OH excluding ortho intramolecular Hbond substituents is 1. The van der Waals surface area contributed by atoms with Crippen LogP contribution in [0.2, 0.25) is 5.02 Å². The molecule has 4 aromatic rings. The third-order valence-electron chi connectivity index (χ3n) is 7.00. The molecular weight excluding hydrogens is 500 g/mol. The maximum Gasteiger partial charge on any atom is 0.342 e. The highest BCUT2D eigenvalue weighted by atomic mass is 35.5. The summed E-state index contributed by atoms with van der Waals surface area (Å²) in [4.78, 5) is 25.8. The third-order valence-corrected chi connectivity index (χ3v) is 7.37. The highest BCUT2D eigenvalue weighted by Gasteiger charge is 2.27. The van der Waals surface area contributed by atoms with E-state index in [0.29, 0.717) is 27.5 Å². The van der Waals surface area contributed by atoms with Crippen molar-refractivity contribution in [3.05, 3.63) is 100 Å². The summed E-state index contributed by atoms with van der Waals surface area (Å²) >= 11 is 6.23. The molecule has 1 aliphatic carbocycles. The van der Waals surface area contributed by atoms with Gasteiger partial charge in [0.2, 0.25) is 0 Å². The predicted molar refractivity (Wildman–Crippen MR) is 149 cm³/mol. The first-order valence-corrected chi connectivity index (χ1v) is 13.2. The van der Waals surface area contributed by atoms with Gasteiger partial charge in [0, 0.05) is 40.4 Å². The smallest absolute Gasteiger partial charge is 0.342 e. The minimum absolute atomic E-state index is 0.0367. The first kappa shape index (κ1) is 25.5. The van der Waals surface area contributed by atoms with E-state index in [1.807, 2.05) is 36.4 Å². The predicted octanol–water partition coefficient (Wildman–Crippen LogP) is 6.75. The topological polar surface area (TPSA) is 96.3 Å². The van der Waals surface area contributed by atoms with Gasteiger partial charge < -0.3 is 15.7 Å². The fourth-order valence-electron chi connectivity index (χ4n) is 4.49. The van der Waals surface area contributed by atoms with Gasteiger partial charge in [-0.05, 0) is 66.8 Å². The van der Waals surface area contributed by atoms with E-state index in [9.17, 15) is 14.7 Å². The second-order valence-electron chi connectivity index (χ2n) is 9.48. The molecule has 1 heterocycles. The molecule has 7 nitrogen and oxygen atoms in total. The van der Waals surface area contributed by atoms with Gasteiger partial charge in [0.05, 0.1) is 11.4 Å². The Balaban J connectivity index is 1.35. The number of halogens is 1. The molecule has 38 heavy (non-hydrogen) atoms. The second-order valence-corrected chi connectivity index (χ2v) is 9.89. The van der Waals surface area contributed by atoms with Gasteiger partial charge in [-0.2, -0.15) is 9.78 Å². The van der Waals surface area contributed by atoms with Crippen molar-refractivity contribution in [2.75, 3.05) is 5.32 Å². The van der Waals surface area contributed by atoms with Crippen LogP contribution in [0.3, 0.4) is 0 Å². The average molecular weight is 529 g/mol.